The lowest BCUT2D eigenvalue weighted by Crippen LogP contribution is -2.43. The first-order valence-corrected chi connectivity index (χ1v) is 9.06. The summed E-state index contributed by atoms with van der Waals surface area (Å²) in [5.74, 6) is 0.852. The van der Waals surface area contributed by atoms with Gasteiger partial charge in [-0.2, -0.15) is 0 Å². The van der Waals surface area contributed by atoms with Crippen LogP contribution in [0.4, 0.5) is 0 Å². The zero-order valence-electron chi connectivity index (χ0n) is 14.5. The van der Waals surface area contributed by atoms with Gasteiger partial charge < -0.3 is 15.5 Å². The van der Waals surface area contributed by atoms with Gasteiger partial charge in [-0.15, -0.1) is 35.3 Å². The second-order valence-electron chi connectivity index (χ2n) is 5.99. The number of aliphatic imine (C=N–C) groups is 1. The van der Waals surface area contributed by atoms with Crippen molar-refractivity contribution in [2.24, 2.45) is 4.99 Å². The number of likely N-dealkylation sites (N-methyl/N-ethyl adjacent to an activating group) is 1. The second-order valence-corrected chi connectivity index (χ2v) is 7.31. The van der Waals surface area contributed by atoms with Gasteiger partial charge in [0.05, 0.1) is 6.54 Å². The van der Waals surface area contributed by atoms with Gasteiger partial charge in [-0.1, -0.05) is 19.3 Å². The molecule has 0 bridgehead atoms. The molecule has 7 heteroatoms. The highest BCUT2D eigenvalue weighted by Gasteiger charge is 2.17. The van der Waals surface area contributed by atoms with Crippen LogP contribution >= 0.6 is 35.3 Å². The Balaban J connectivity index is 0.00000264. The number of thiazole rings is 1. The van der Waals surface area contributed by atoms with Gasteiger partial charge in [0.15, 0.2) is 5.96 Å². The van der Waals surface area contributed by atoms with Crippen LogP contribution < -0.4 is 10.6 Å². The Kier molecular flexibility index (Phi) is 10.0. The van der Waals surface area contributed by atoms with Crippen molar-refractivity contribution in [1.29, 1.82) is 0 Å². The topological polar surface area (TPSA) is 52.6 Å². The maximum absolute atomic E-state index is 4.36. The van der Waals surface area contributed by atoms with E-state index in [2.05, 4.69) is 39.5 Å². The van der Waals surface area contributed by atoms with Gasteiger partial charge in [0.1, 0.15) is 5.01 Å². The Bertz CT molecular complexity index is 471. The van der Waals surface area contributed by atoms with Crippen molar-refractivity contribution in [3.8, 4) is 0 Å². The van der Waals surface area contributed by atoms with Gasteiger partial charge in [0.25, 0.3) is 0 Å². The summed E-state index contributed by atoms with van der Waals surface area (Å²) < 4.78 is 0. The molecule has 0 spiro atoms. The van der Waals surface area contributed by atoms with Crippen molar-refractivity contribution in [2.75, 3.05) is 27.2 Å². The Morgan fingerprint density at radius 3 is 2.70 bits per heavy atom. The predicted octanol–water partition coefficient (Wildman–Crippen LogP) is 3.00. The molecule has 1 aliphatic carbocycles. The fraction of sp³-hybridized carbons (Fsp3) is 0.750. The average Bonchev–Trinajstić information content (AvgIpc) is 2.96. The van der Waals surface area contributed by atoms with Gasteiger partial charge in [0, 0.05) is 37.3 Å². The minimum atomic E-state index is 0. The fourth-order valence-electron chi connectivity index (χ4n) is 2.92. The molecule has 1 aromatic rings. The van der Waals surface area contributed by atoms with E-state index < -0.39 is 0 Å². The molecule has 0 aliphatic heterocycles. The molecule has 1 heterocycles. The van der Waals surface area contributed by atoms with Crippen LogP contribution in [-0.2, 0) is 6.54 Å². The van der Waals surface area contributed by atoms with E-state index in [4.69, 9.17) is 0 Å². The molecule has 0 unspecified atom stereocenters. The molecule has 0 aromatic carbocycles. The zero-order valence-corrected chi connectivity index (χ0v) is 17.6. The lowest BCUT2D eigenvalue weighted by atomic mass is 9.94. The highest BCUT2D eigenvalue weighted by Crippen LogP contribution is 2.21. The Morgan fingerprint density at radius 2 is 2.09 bits per heavy atom. The van der Waals surface area contributed by atoms with Gasteiger partial charge in [0.2, 0.25) is 0 Å². The molecule has 2 N–H and O–H groups in total. The van der Waals surface area contributed by atoms with Gasteiger partial charge >= 0.3 is 0 Å². The summed E-state index contributed by atoms with van der Waals surface area (Å²) in [6.07, 6.45) is 8.81. The third-order valence-corrected chi connectivity index (χ3v) is 5.17. The summed E-state index contributed by atoms with van der Waals surface area (Å²) in [5, 5.41) is 7.81. The SMILES string of the molecule is CN=C(NCCN(C)C1CCCCC1)NCc1ncc(C)s1.I. The highest BCUT2D eigenvalue weighted by molar-refractivity contribution is 14.0. The minimum absolute atomic E-state index is 0. The summed E-state index contributed by atoms with van der Waals surface area (Å²) in [4.78, 5) is 12.4. The molecule has 0 radical (unpaired) electrons. The van der Waals surface area contributed by atoms with Crippen molar-refractivity contribution < 1.29 is 0 Å². The highest BCUT2D eigenvalue weighted by atomic mass is 127. The van der Waals surface area contributed by atoms with Crippen molar-refractivity contribution >= 4 is 41.3 Å². The molecular weight excluding hydrogens is 421 g/mol. The van der Waals surface area contributed by atoms with Crippen molar-refractivity contribution in [3.05, 3.63) is 16.1 Å². The number of guanidine groups is 1. The fourth-order valence-corrected chi connectivity index (χ4v) is 3.64. The number of nitrogens with zero attached hydrogens (tertiary/aromatic N) is 3. The molecule has 0 saturated heterocycles. The predicted molar refractivity (Wildman–Crippen MR) is 110 cm³/mol. The molecule has 132 valence electrons. The number of hydrogen-bond donors (Lipinski definition) is 2. The Morgan fingerprint density at radius 1 is 1.35 bits per heavy atom. The molecule has 23 heavy (non-hydrogen) atoms. The van der Waals surface area contributed by atoms with E-state index in [-0.39, 0.29) is 24.0 Å². The summed E-state index contributed by atoms with van der Waals surface area (Å²) >= 11 is 1.72. The Labute approximate surface area is 161 Å². The monoisotopic (exact) mass is 451 g/mol. The first-order chi connectivity index (χ1) is 10.7. The van der Waals surface area contributed by atoms with Crippen LogP contribution in [0, 0.1) is 6.92 Å². The molecule has 0 amide bonds. The van der Waals surface area contributed by atoms with Crippen molar-refractivity contribution in [2.45, 2.75) is 51.6 Å². The number of rotatable bonds is 6. The number of hydrogen-bond acceptors (Lipinski definition) is 4. The minimum Gasteiger partial charge on any atom is -0.355 e. The molecule has 1 fully saturated rings. The maximum Gasteiger partial charge on any atom is 0.191 e. The lowest BCUT2D eigenvalue weighted by molar-refractivity contribution is 0.194. The van der Waals surface area contributed by atoms with Gasteiger partial charge in [-0.05, 0) is 26.8 Å². The van der Waals surface area contributed by atoms with Gasteiger partial charge in [-0.3, -0.25) is 4.99 Å². The first-order valence-electron chi connectivity index (χ1n) is 8.25. The Hall–Kier alpha value is -0.410. The third kappa shape index (κ3) is 7.34. The summed E-state index contributed by atoms with van der Waals surface area (Å²) in [6, 6.07) is 0.767. The van der Waals surface area contributed by atoms with E-state index in [9.17, 15) is 0 Å². The number of nitrogens with one attached hydrogen (secondary N) is 2. The van der Waals surface area contributed by atoms with E-state index in [1.165, 1.54) is 37.0 Å². The summed E-state index contributed by atoms with van der Waals surface area (Å²) in [6.45, 7) is 4.79. The van der Waals surface area contributed by atoms with Crippen molar-refractivity contribution in [3.63, 3.8) is 0 Å². The number of aromatic nitrogens is 1. The van der Waals surface area contributed by atoms with E-state index in [0.29, 0.717) is 0 Å². The molecule has 1 aliphatic rings. The average molecular weight is 451 g/mol. The van der Waals surface area contributed by atoms with Crippen LogP contribution in [0.2, 0.25) is 0 Å². The summed E-state index contributed by atoms with van der Waals surface area (Å²) in [7, 11) is 4.06. The van der Waals surface area contributed by atoms with Crippen LogP contribution in [0.1, 0.15) is 42.0 Å². The smallest absolute Gasteiger partial charge is 0.191 e. The number of aryl methyl sites for hydroxylation is 1. The quantitative estimate of drug-likeness (QED) is 0.397. The number of halogens is 1. The maximum atomic E-state index is 4.36. The van der Waals surface area contributed by atoms with Crippen LogP contribution in [0.25, 0.3) is 0 Å². The van der Waals surface area contributed by atoms with Gasteiger partial charge in [-0.25, -0.2) is 4.98 Å². The zero-order chi connectivity index (χ0) is 15.8. The first kappa shape index (κ1) is 20.6. The van der Waals surface area contributed by atoms with E-state index in [0.717, 1.165) is 36.6 Å². The molecule has 2 rings (SSSR count). The third-order valence-electron chi connectivity index (χ3n) is 4.25. The normalized spacial score (nSPS) is 16.3. The second kappa shape index (κ2) is 11.2. The van der Waals surface area contributed by atoms with Crippen LogP contribution in [0.3, 0.4) is 0 Å². The largest absolute Gasteiger partial charge is 0.355 e. The molecule has 1 saturated carbocycles. The van der Waals surface area contributed by atoms with Crippen molar-refractivity contribution in [1.82, 2.24) is 20.5 Å². The van der Waals surface area contributed by atoms with Crippen LogP contribution in [0.5, 0.6) is 0 Å². The summed E-state index contributed by atoms with van der Waals surface area (Å²) in [5.41, 5.74) is 0. The molecule has 1 aromatic heterocycles. The standard InChI is InChI=1S/C16H29N5S.HI/c1-13-11-19-15(22-13)12-20-16(17-2)18-9-10-21(3)14-7-5-4-6-8-14;/h11,14H,4-10,12H2,1-3H3,(H2,17,18,20);1H. The van der Waals surface area contributed by atoms with E-state index >= 15 is 0 Å². The van der Waals surface area contributed by atoms with Crippen LogP contribution in [0.15, 0.2) is 11.2 Å². The molecule has 0 atom stereocenters. The molecule has 5 nitrogen and oxygen atoms in total. The van der Waals surface area contributed by atoms with E-state index in [1.807, 2.05) is 13.2 Å². The van der Waals surface area contributed by atoms with Crippen LogP contribution in [-0.4, -0.2) is 49.1 Å². The lowest BCUT2D eigenvalue weighted by Gasteiger charge is -2.31. The molecular formula is C16H30IN5S. The van der Waals surface area contributed by atoms with E-state index in [1.54, 1.807) is 11.3 Å².